The van der Waals surface area contributed by atoms with Gasteiger partial charge in [0.05, 0.1) is 7.11 Å². The number of thioether (sulfide) groups is 1. The van der Waals surface area contributed by atoms with Gasteiger partial charge in [0, 0.05) is 11.3 Å². The van der Waals surface area contributed by atoms with E-state index in [0.717, 1.165) is 22.6 Å². The maximum absolute atomic E-state index is 12.0. The molecule has 1 aliphatic rings. The number of rotatable bonds is 1. The number of Topliss-reactive ketones (excluding diaryl/α,β-unsaturated/α-hetero) is 1. The smallest absolute Gasteiger partial charge is 0.320 e. The molecule has 0 spiro atoms. The Morgan fingerprint density at radius 3 is 2.94 bits per heavy atom. The largest absolute Gasteiger partial charge is 0.468 e. The number of hydrogen-bond acceptors (Lipinski definition) is 4. The lowest BCUT2D eigenvalue weighted by Gasteiger charge is -2.19. The molecule has 1 aromatic rings. The van der Waals surface area contributed by atoms with Gasteiger partial charge in [-0.25, -0.2) is 0 Å². The highest BCUT2D eigenvalue weighted by Crippen LogP contribution is 2.33. The highest BCUT2D eigenvalue weighted by Gasteiger charge is 2.31. The van der Waals surface area contributed by atoms with Gasteiger partial charge in [-0.2, -0.15) is 0 Å². The standard InChI is InChI=1S/C13H14O3S/c1-16-13(15)12-9-5-2-3-7-11(9)17-8-4-6-10(12)14/h2-3,5,7,12H,4,6,8H2,1H3. The monoisotopic (exact) mass is 250 g/mol. The van der Waals surface area contributed by atoms with Crippen LogP contribution in [-0.4, -0.2) is 24.6 Å². The van der Waals surface area contributed by atoms with Crippen LogP contribution in [-0.2, 0) is 14.3 Å². The number of hydrogen-bond donors (Lipinski definition) is 0. The normalized spacial score (nSPS) is 20.1. The molecule has 1 unspecified atom stereocenters. The summed E-state index contributed by atoms with van der Waals surface area (Å²) in [6.45, 7) is 0. The molecule has 0 saturated heterocycles. The Bertz CT molecular complexity index is 442. The van der Waals surface area contributed by atoms with Gasteiger partial charge in [-0.15, -0.1) is 11.8 Å². The molecule has 0 aliphatic carbocycles. The second kappa shape index (κ2) is 5.36. The number of carbonyl (C=O) groups excluding carboxylic acids is 2. The number of ether oxygens (including phenoxy) is 1. The van der Waals surface area contributed by atoms with E-state index in [0.29, 0.717) is 6.42 Å². The molecule has 90 valence electrons. The zero-order chi connectivity index (χ0) is 12.3. The summed E-state index contributed by atoms with van der Waals surface area (Å²) in [5.74, 6) is -0.324. The van der Waals surface area contributed by atoms with Crippen molar-refractivity contribution in [2.75, 3.05) is 12.9 Å². The molecule has 3 nitrogen and oxygen atoms in total. The number of carbonyl (C=O) groups is 2. The highest BCUT2D eigenvalue weighted by molar-refractivity contribution is 7.99. The van der Waals surface area contributed by atoms with Gasteiger partial charge in [-0.1, -0.05) is 18.2 Å². The lowest BCUT2D eigenvalue weighted by molar-refractivity contribution is -0.145. The molecule has 0 radical (unpaired) electrons. The Hall–Kier alpha value is -1.29. The van der Waals surface area contributed by atoms with Crippen molar-refractivity contribution in [1.82, 2.24) is 0 Å². The number of ketones is 1. The molecule has 0 bridgehead atoms. The quantitative estimate of drug-likeness (QED) is 0.567. The van der Waals surface area contributed by atoms with Crippen molar-refractivity contribution < 1.29 is 14.3 Å². The number of benzene rings is 1. The summed E-state index contributed by atoms with van der Waals surface area (Å²) >= 11 is 1.70. The van der Waals surface area contributed by atoms with Crippen LogP contribution in [0.4, 0.5) is 0 Å². The van der Waals surface area contributed by atoms with Gasteiger partial charge in [0.2, 0.25) is 0 Å². The molecule has 1 aromatic carbocycles. The molecule has 0 amide bonds. The Kier molecular flexibility index (Phi) is 3.84. The Labute approximate surface area is 105 Å². The van der Waals surface area contributed by atoms with E-state index >= 15 is 0 Å². The van der Waals surface area contributed by atoms with Gasteiger partial charge < -0.3 is 4.74 Å². The first kappa shape index (κ1) is 12.2. The lowest BCUT2D eigenvalue weighted by Crippen LogP contribution is -2.24. The van der Waals surface area contributed by atoms with Crippen LogP contribution in [0.2, 0.25) is 0 Å². The fourth-order valence-corrected chi connectivity index (χ4v) is 3.01. The molecule has 17 heavy (non-hydrogen) atoms. The predicted octanol–water partition coefficient (Wildman–Crippen LogP) is 2.40. The Morgan fingerprint density at radius 1 is 1.41 bits per heavy atom. The van der Waals surface area contributed by atoms with Crippen molar-refractivity contribution in [2.24, 2.45) is 0 Å². The fourth-order valence-electron chi connectivity index (χ4n) is 1.97. The predicted molar refractivity (Wildman–Crippen MR) is 66.2 cm³/mol. The van der Waals surface area contributed by atoms with Crippen LogP contribution >= 0.6 is 11.8 Å². The van der Waals surface area contributed by atoms with E-state index in [2.05, 4.69) is 0 Å². The molecule has 1 aliphatic heterocycles. The third-order valence-corrected chi connectivity index (χ3v) is 3.99. The summed E-state index contributed by atoms with van der Waals surface area (Å²) in [6.07, 6.45) is 1.26. The van der Waals surface area contributed by atoms with E-state index in [1.165, 1.54) is 7.11 Å². The van der Waals surface area contributed by atoms with Crippen LogP contribution in [0.3, 0.4) is 0 Å². The first-order valence-electron chi connectivity index (χ1n) is 5.56. The number of esters is 1. The third-order valence-electron chi connectivity index (χ3n) is 2.81. The van der Waals surface area contributed by atoms with Gasteiger partial charge in [0.25, 0.3) is 0 Å². The average Bonchev–Trinajstić information content (AvgIpc) is 2.34. The van der Waals surface area contributed by atoms with Crippen molar-refractivity contribution in [3.8, 4) is 0 Å². The zero-order valence-corrected chi connectivity index (χ0v) is 10.5. The second-order valence-corrected chi connectivity index (χ2v) is 5.05. The Morgan fingerprint density at radius 2 is 2.18 bits per heavy atom. The summed E-state index contributed by atoms with van der Waals surface area (Å²) in [4.78, 5) is 24.8. The maximum Gasteiger partial charge on any atom is 0.320 e. The molecule has 0 fully saturated rings. The lowest BCUT2D eigenvalue weighted by atomic mass is 9.92. The summed E-state index contributed by atoms with van der Waals surface area (Å²) in [5, 5.41) is 0. The van der Waals surface area contributed by atoms with Crippen LogP contribution < -0.4 is 0 Å². The molecular weight excluding hydrogens is 236 g/mol. The molecule has 0 aromatic heterocycles. The van der Waals surface area contributed by atoms with E-state index in [1.54, 1.807) is 11.8 Å². The van der Waals surface area contributed by atoms with E-state index in [9.17, 15) is 9.59 Å². The summed E-state index contributed by atoms with van der Waals surface area (Å²) < 4.78 is 4.74. The van der Waals surface area contributed by atoms with E-state index in [4.69, 9.17) is 4.74 Å². The van der Waals surface area contributed by atoms with Crippen molar-refractivity contribution in [1.29, 1.82) is 0 Å². The molecule has 2 rings (SSSR count). The summed E-state index contributed by atoms with van der Waals surface area (Å²) in [5.41, 5.74) is 0.786. The van der Waals surface area contributed by atoms with Crippen LogP contribution in [0.5, 0.6) is 0 Å². The fraction of sp³-hybridized carbons (Fsp3) is 0.385. The summed E-state index contributed by atoms with van der Waals surface area (Å²) in [7, 11) is 1.32. The van der Waals surface area contributed by atoms with Gasteiger partial charge in [-0.05, 0) is 23.8 Å². The van der Waals surface area contributed by atoms with Gasteiger partial charge in [-0.3, -0.25) is 9.59 Å². The molecule has 4 heteroatoms. The highest BCUT2D eigenvalue weighted by atomic mass is 32.2. The van der Waals surface area contributed by atoms with Gasteiger partial charge in [0.15, 0.2) is 5.78 Å². The minimum Gasteiger partial charge on any atom is -0.468 e. The van der Waals surface area contributed by atoms with Crippen LogP contribution in [0, 0.1) is 0 Å². The van der Waals surface area contributed by atoms with Crippen LogP contribution in [0.15, 0.2) is 29.2 Å². The van der Waals surface area contributed by atoms with Crippen LogP contribution in [0.1, 0.15) is 24.3 Å². The van der Waals surface area contributed by atoms with Gasteiger partial charge in [0.1, 0.15) is 5.92 Å². The zero-order valence-electron chi connectivity index (χ0n) is 9.64. The molecule has 0 N–H and O–H groups in total. The Balaban J connectivity index is 2.46. The van der Waals surface area contributed by atoms with Crippen molar-refractivity contribution in [3.63, 3.8) is 0 Å². The molecule has 1 heterocycles. The molecule has 0 saturated carbocycles. The molecular formula is C13H14O3S. The first-order valence-corrected chi connectivity index (χ1v) is 6.55. The number of fused-ring (bicyclic) bond motifs is 1. The van der Waals surface area contributed by atoms with E-state index < -0.39 is 11.9 Å². The van der Waals surface area contributed by atoms with Crippen LogP contribution in [0.25, 0.3) is 0 Å². The maximum atomic E-state index is 12.0. The van der Waals surface area contributed by atoms with Crippen molar-refractivity contribution in [3.05, 3.63) is 29.8 Å². The van der Waals surface area contributed by atoms with E-state index in [-0.39, 0.29) is 5.78 Å². The molecule has 1 atom stereocenters. The summed E-state index contributed by atoms with van der Waals surface area (Å²) in [6, 6.07) is 7.57. The van der Waals surface area contributed by atoms with E-state index in [1.807, 2.05) is 24.3 Å². The second-order valence-electron chi connectivity index (χ2n) is 3.91. The van der Waals surface area contributed by atoms with Crippen molar-refractivity contribution >= 4 is 23.5 Å². The minimum absolute atomic E-state index is 0.0374. The van der Waals surface area contributed by atoms with Crippen molar-refractivity contribution in [2.45, 2.75) is 23.7 Å². The van der Waals surface area contributed by atoms with Gasteiger partial charge >= 0.3 is 5.97 Å². The SMILES string of the molecule is COC(=O)C1C(=O)CCCSc2ccccc21. The topological polar surface area (TPSA) is 43.4 Å². The number of methoxy groups -OCH3 is 1. The average molecular weight is 250 g/mol. The third kappa shape index (κ3) is 2.52. The minimum atomic E-state index is -0.746. The first-order chi connectivity index (χ1) is 8.24.